The Morgan fingerprint density at radius 1 is 1.50 bits per heavy atom. The van der Waals surface area contributed by atoms with Gasteiger partial charge in [0.2, 0.25) is 0 Å². The fourth-order valence-corrected chi connectivity index (χ4v) is 1.50. The van der Waals surface area contributed by atoms with Crippen molar-refractivity contribution in [3.8, 4) is 0 Å². The molecular formula is C9H20ClNO. The van der Waals surface area contributed by atoms with Crippen LogP contribution in [0.1, 0.15) is 33.1 Å². The average molecular weight is 194 g/mol. The summed E-state index contributed by atoms with van der Waals surface area (Å²) in [6.45, 7) is 6.11. The highest BCUT2D eigenvalue weighted by molar-refractivity contribution is 5.85. The SMILES string of the molecule is CC(C)(CN)CC1CCCO1.Cl. The topological polar surface area (TPSA) is 35.2 Å². The van der Waals surface area contributed by atoms with E-state index in [0.29, 0.717) is 6.10 Å². The number of ether oxygens (including phenoxy) is 1. The first kappa shape index (κ1) is 12.2. The number of hydrogen-bond donors (Lipinski definition) is 1. The van der Waals surface area contributed by atoms with E-state index >= 15 is 0 Å². The first-order valence-electron chi connectivity index (χ1n) is 4.46. The zero-order valence-corrected chi connectivity index (χ0v) is 8.82. The Hall–Kier alpha value is 0.210. The highest BCUT2D eigenvalue weighted by Crippen LogP contribution is 2.27. The van der Waals surface area contributed by atoms with Gasteiger partial charge >= 0.3 is 0 Å². The minimum Gasteiger partial charge on any atom is -0.378 e. The molecule has 12 heavy (non-hydrogen) atoms. The molecule has 0 spiro atoms. The van der Waals surface area contributed by atoms with Gasteiger partial charge in [0, 0.05) is 6.61 Å². The van der Waals surface area contributed by atoms with Gasteiger partial charge in [0.05, 0.1) is 6.10 Å². The molecule has 0 aromatic heterocycles. The highest BCUT2D eigenvalue weighted by Gasteiger charge is 2.24. The molecule has 0 saturated carbocycles. The molecule has 0 aromatic carbocycles. The van der Waals surface area contributed by atoms with Crippen molar-refractivity contribution in [3.05, 3.63) is 0 Å². The summed E-state index contributed by atoms with van der Waals surface area (Å²) in [5, 5.41) is 0. The van der Waals surface area contributed by atoms with Gasteiger partial charge in [0.25, 0.3) is 0 Å². The monoisotopic (exact) mass is 193 g/mol. The van der Waals surface area contributed by atoms with Crippen LogP contribution in [0.25, 0.3) is 0 Å². The van der Waals surface area contributed by atoms with Gasteiger partial charge in [-0.15, -0.1) is 12.4 Å². The molecule has 2 N–H and O–H groups in total. The van der Waals surface area contributed by atoms with Crippen molar-refractivity contribution in [1.82, 2.24) is 0 Å². The molecule has 1 saturated heterocycles. The summed E-state index contributed by atoms with van der Waals surface area (Å²) in [5.74, 6) is 0. The van der Waals surface area contributed by atoms with Crippen LogP contribution in [0.5, 0.6) is 0 Å². The van der Waals surface area contributed by atoms with Crippen LogP contribution in [0.2, 0.25) is 0 Å². The van der Waals surface area contributed by atoms with E-state index in [1.807, 2.05) is 0 Å². The third kappa shape index (κ3) is 3.74. The van der Waals surface area contributed by atoms with Crippen LogP contribution < -0.4 is 5.73 Å². The molecule has 1 atom stereocenters. The molecule has 1 aliphatic rings. The van der Waals surface area contributed by atoms with Crippen LogP contribution in [-0.4, -0.2) is 19.3 Å². The number of hydrogen-bond acceptors (Lipinski definition) is 2. The lowest BCUT2D eigenvalue weighted by Gasteiger charge is -2.25. The zero-order valence-electron chi connectivity index (χ0n) is 8.01. The van der Waals surface area contributed by atoms with Gasteiger partial charge in [-0.3, -0.25) is 0 Å². The van der Waals surface area contributed by atoms with Crippen LogP contribution >= 0.6 is 12.4 Å². The summed E-state index contributed by atoms with van der Waals surface area (Å²) < 4.78 is 5.54. The second-order valence-electron chi connectivity index (χ2n) is 4.21. The van der Waals surface area contributed by atoms with Gasteiger partial charge in [-0.2, -0.15) is 0 Å². The summed E-state index contributed by atoms with van der Waals surface area (Å²) in [6.07, 6.45) is 4.05. The standard InChI is InChI=1S/C9H19NO.ClH/c1-9(2,7-10)6-8-4-3-5-11-8;/h8H,3-7,10H2,1-2H3;1H. The molecule has 1 unspecified atom stereocenters. The van der Waals surface area contributed by atoms with E-state index in [1.54, 1.807) is 0 Å². The van der Waals surface area contributed by atoms with Crippen molar-refractivity contribution in [2.45, 2.75) is 39.2 Å². The molecule has 3 heteroatoms. The highest BCUT2D eigenvalue weighted by atomic mass is 35.5. The lowest BCUT2D eigenvalue weighted by molar-refractivity contribution is 0.0737. The predicted molar refractivity (Wildman–Crippen MR) is 53.7 cm³/mol. The molecule has 0 bridgehead atoms. The van der Waals surface area contributed by atoms with Gasteiger partial charge in [-0.1, -0.05) is 13.8 Å². The van der Waals surface area contributed by atoms with E-state index in [4.69, 9.17) is 10.5 Å². The molecule has 2 nitrogen and oxygen atoms in total. The zero-order chi connectivity index (χ0) is 8.32. The van der Waals surface area contributed by atoms with Crippen molar-refractivity contribution in [2.24, 2.45) is 11.1 Å². The molecule has 74 valence electrons. The average Bonchev–Trinajstić information content (AvgIpc) is 2.39. The third-order valence-corrected chi connectivity index (χ3v) is 2.36. The summed E-state index contributed by atoms with van der Waals surface area (Å²) in [7, 11) is 0. The molecule has 0 amide bonds. The Balaban J connectivity index is 0.00000121. The van der Waals surface area contributed by atoms with Crippen molar-refractivity contribution < 1.29 is 4.74 Å². The van der Waals surface area contributed by atoms with Crippen LogP contribution in [0.15, 0.2) is 0 Å². The lowest BCUT2D eigenvalue weighted by atomic mass is 9.86. The Morgan fingerprint density at radius 3 is 2.58 bits per heavy atom. The van der Waals surface area contributed by atoms with Gasteiger partial charge in [-0.25, -0.2) is 0 Å². The molecule has 1 rings (SSSR count). The third-order valence-electron chi connectivity index (χ3n) is 2.36. The largest absolute Gasteiger partial charge is 0.378 e. The fourth-order valence-electron chi connectivity index (χ4n) is 1.50. The summed E-state index contributed by atoms with van der Waals surface area (Å²) >= 11 is 0. The Kier molecular flexibility index (Phi) is 5.14. The molecule has 1 fully saturated rings. The quantitative estimate of drug-likeness (QED) is 0.744. The van der Waals surface area contributed by atoms with E-state index in [-0.39, 0.29) is 17.8 Å². The van der Waals surface area contributed by atoms with E-state index in [2.05, 4.69) is 13.8 Å². The molecule has 1 aliphatic heterocycles. The van der Waals surface area contributed by atoms with Crippen molar-refractivity contribution in [1.29, 1.82) is 0 Å². The van der Waals surface area contributed by atoms with Crippen molar-refractivity contribution >= 4 is 12.4 Å². The van der Waals surface area contributed by atoms with Crippen LogP contribution in [0, 0.1) is 5.41 Å². The summed E-state index contributed by atoms with van der Waals surface area (Å²) in [6, 6.07) is 0. The van der Waals surface area contributed by atoms with Gasteiger partial charge < -0.3 is 10.5 Å². The lowest BCUT2D eigenvalue weighted by Crippen LogP contribution is -2.28. The minimum absolute atomic E-state index is 0. The predicted octanol–water partition coefficient (Wildman–Crippen LogP) is 1.96. The normalized spacial score (nSPS) is 23.8. The van der Waals surface area contributed by atoms with Gasteiger partial charge in [0.15, 0.2) is 0 Å². The van der Waals surface area contributed by atoms with Gasteiger partial charge in [-0.05, 0) is 31.2 Å². The maximum atomic E-state index is 5.63. The number of nitrogens with two attached hydrogens (primary N) is 1. The Bertz CT molecular complexity index is 122. The van der Waals surface area contributed by atoms with E-state index in [1.165, 1.54) is 12.8 Å². The summed E-state index contributed by atoms with van der Waals surface area (Å²) in [4.78, 5) is 0. The van der Waals surface area contributed by atoms with E-state index in [0.717, 1.165) is 19.6 Å². The molecular weight excluding hydrogens is 174 g/mol. The van der Waals surface area contributed by atoms with Crippen LogP contribution in [0.4, 0.5) is 0 Å². The molecule has 0 radical (unpaired) electrons. The van der Waals surface area contributed by atoms with Crippen LogP contribution in [0.3, 0.4) is 0 Å². The second-order valence-corrected chi connectivity index (χ2v) is 4.21. The maximum Gasteiger partial charge on any atom is 0.0581 e. The summed E-state index contributed by atoms with van der Waals surface area (Å²) in [5.41, 5.74) is 5.89. The number of rotatable bonds is 3. The molecule has 0 aromatic rings. The smallest absolute Gasteiger partial charge is 0.0581 e. The Labute approximate surface area is 81.3 Å². The fraction of sp³-hybridized carbons (Fsp3) is 1.00. The van der Waals surface area contributed by atoms with Crippen molar-refractivity contribution in [2.75, 3.05) is 13.2 Å². The molecule has 1 heterocycles. The maximum absolute atomic E-state index is 5.63. The van der Waals surface area contributed by atoms with E-state index < -0.39 is 0 Å². The number of halogens is 1. The van der Waals surface area contributed by atoms with Crippen molar-refractivity contribution in [3.63, 3.8) is 0 Å². The minimum atomic E-state index is 0. The van der Waals surface area contributed by atoms with E-state index in [9.17, 15) is 0 Å². The first-order valence-corrected chi connectivity index (χ1v) is 4.46. The second kappa shape index (κ2) is 5.05. The van der Waals surface area contributed by atoms with Gasteiger partial charge in [0.1, 0.15) is 0 Å². The van der Waals surface area contributed by atoms with Crippen LogP contribution in [-0.2, 0) is 4.74 Å². The first-order chi connectivity index (χ1) is 5.14. The molecule has 0 aliphatic carbocycles. The Morgan fingerprint density at radius 2 is 2.17 bits per heavy atom.